The van der Waals surface area contributed by atoms with E-state index in [0.29, 0.717) is 11.3 Å². The molecule has 1 fully saturated rings. The Morgan fingerprint density at radius 1 is 1.24 bits per heavy atom. The van der Waals surface area contributed by atoms with Crippen molar-refractivity contribution in [3.63, 3.8) is 0 Å². The average molecular weight is 313 g/mol. The van der Waals surface area contributed by atoms with Gasteiger partial charge >= 0.3 is 0 Å². The van der Waals surface area contributed by atoms with Crippen LogP contribution < -0.4 is 5.73 Å². The highest BCUT2D eigenvalue weighted by Crippen LogP contribution is 2.44. The van der Waals surface area contributed by atoms with Crippen LogP contribution in [-0.4, -0.2) is 11.3 Å². The summed E-state index contributed by atoms with van der Waals surface area (Å²) in [4.78, 5) is 0.768. The molecule has 1 aromatic carbocycles. The van der Waals surface area contributed by atoms with Gasteiger partial charge in [0.15, 0.2) is 11.6 Å². The van der Waals surface area contributed by atoms with Crippen molar-refractivity contribution in [1.82, 2.24) is 0 Å². The number of halogens is 2. The van der Waals surface area contributed by atoms with Gasteiger partial charge in [0.05, 0.1) is 0 Å². The van der Waals surface area contributed by atoms with Crippen LogP contribution in [0.15, 0.2) is 23.1 Å². The Bertz CT molecular complexity index is 490. The fraction of sp³-hybridized carbons (Fsp3) is 0.647. The summed E-state index contributed by atoms with van der Waals surface area (Å²) in [5.41, 5.74) is 6.57. The maximum absolute atomic E-state index is 13.3. The summed E-state index contributed by atoms with van der Waals surface area (Å²) in [5.74, 6) is -0.933. The molecule has 0 heterocycles. The summed E-state index contributed by atoms with van der Waals surface area (Å²) in [7, 11) is 0. The van der Waals surface area contributed by atoms with Crippen LogP contribution >= 0.6 is 11.8 Å². The Morgan fingerprint density at radius 3 is 2.57 bits per heavy atom. The van der Waals surface area contributed by atoms with Gasteiger partial charge < -0.3 is 5.73 Å². The van der Waals surface area contributed by atoms with Crippen molar-refractivity contribution in [3.8, 4) is 0 Å². The van der Waals surface area contributed by atoms with E-state index in [4.69, 9.17) is 5.73 Å². The van der Waals surface area contributed by atoms with Crippen LogP contribution in [-0.2, 0) is 0 Å². The van der Waals surface area contributed by atoms with Crippen molar-refractivity contribution < 1.29 is 8.78 Å². The maximum atomic E-state index is 13.3. The Balaban J connectivity index is 2.08. The number of rotatable bonds is 4. The molecular weight excluding hydrogens is 288 g/mol. The Morgan fingerprint density at radius 2 is 1.95 bits per heavy atom. The van der Waals surface area contributed by atoms with Crippen LogP contribution in [0.3, 0.4) is 0 Å². The maximum Gasteiger partial charge on any atom is 0.159 e. The summed E-state index contributed by atoms with van der Waals surface area (Å²) in [6.45, 7) is 6.85. The molecule has 2 rings (SSSR count). The summed E-state index contributed by atoms with van der Waals surface area (Å²) in [5, 5.41) is 0.277. The first-order valence-corrected chi connectivity index (χ1v) is 8.58. The fourth-order valence-corrected chi connectivity index (χ4v) is 4.32. The van der Waals surface area contributed by atoms with Gasteiger partial charge in [-0.05, 0) is 48.8 Å². The standard InChI is InChI=1S/C17H25F2NS/c1-4-17(2,3)11-5-8-15(20)16(9-11)21-12-6-7-13(18)14(19)10-12/h6-7,10-11,15-16H,4-5,8-9,20H2,1-3H3. The van der Waals surface area contributed by atoms with Crippen molar-refractivity contribution in [2.24, 2.45) is 17.1 Å². The lowest BCUT2D eigenvalue weighted by atomic mass is 9.69. The summed E-state index contributed by atoms with van der Waals surface area (Å²) in [6.07, 6.45) is 4.37. The molecule has 0 aromatic heterocycles. The quantitative estimate of drug-likeness (QED) is 0.847. The molecule has 1 saturated carbocycles. The van der Waals surface area contributed by atoms with Gasteiger partial charge in [0.25, 0.3) is 0 Å². The van der Waals surface area contributed by atoms with E-state index in [9.17, 15) is 8.78 Å². The highest BCUT2D eigenvalue weighted by atomic mass is 32.2. The molecule has 0 bridgehead atoms. The molecule has 4 heteroatoms. The lowest BCUT2D eigenvalue weighted by Gasteiger charge is -2.41. The van der Waals surface area contributed by atoms with Crippen molar-refractivity contribution in [3.05, 3.63) is 29.8 Å². The van der Waals surface area contributed by atoms with Crippen LogP contribution in [0, 0.1) is 23.0 Å². The van der Waals surface area contributed by atoms with E-state index in [-0.39, 0.29) is 11.3 Å². The second-order valence-electron chi connectivity index (χ2n) is 6.75. The third kappa shape index (κ3) is 3.98. The van der Waals surface area contributed by atoms with Gasteiger partial charge in [-0.2, -0.15) is 0 Å². The van der Waals surface area contributed by atoms with Crippen LogP contribution in [0.5, 0.6) is 0 Å². The number of nitrogens with two attached hydrogens (primary N) is 1. The van der Waals surface area contributed by atoms with E-state index in [2.05, 4.69) is 20.8 Å². The largest absolute Gasteiger partial charge is 0.327 e. The Hall–Kier alpha value is -0.610. The van der Waals surface area contributed by atoms with Gasteiger partial charge in [-0.25, -0.2) is 8.78 Å². The van der Waals surface area contributed by atoms with Crippen molar-refractivity contribution in [2.45, 2.75) is 62.6 Å². The van der Waals surface area contributed by atoms with E-state index < -0.39 is 11.6 Å². The second-order valence-corrected chi connectivity index (χ2v) is 8.06. The highest BCUT2D eigenvalue weighted by molar-refractivity contribution is 8.00. The molecule has 0 amide bonds. The van der Waals surface area contributed by atoms with Crippen LogP contribution in [0.1, 0.15) is 46.5 Å². The van der Waals surface area contributed by atoms with Gasteiger partial charge in [0.1, 0.15) is 0 Å². The number of benzene rings is 1. The molecule has 1 aliphatic rings. The van der Waals surface area contributed by atoms with E-state index in [1.54, 1.807) is 17.8 Å². The van der Waals surface area contributed by atoms with Crippen molar-refractivity contribution >= 4 is 11.8 Å². The first-order valence-electron chi connectivity index (χ1n) is 7.70. The minimum atomic E-state index is -0.794. The molecule has 0 saturated heterocycles. The third-order valence-electron chi connectivity index (χ3n) is 5.04. The number of hydrogen-bond acceptors (Lipinski definition) is 2. The van der Waals surface area contributed by atoms with Crippen LogP contribution in [0.4, 0.5) is 8.78 Å². The predicted octanol–water partition coefficient (Wildman–Crippen LogP) is 4.99. The lowest BCUT2D eigenvalue weighted by Crippen LogP contribution is -2.42. The zero-order valence-electron chi connectivity index (χ0n) is 13.0. The van der Waals surface area contributed by atoms with Gasteiger partial charge in [-0.3, -0.25) is 0 Å². The minimum Gasteiger partial charge on any atom is -0.327 e. The van der Waals surface area contributed by atoms with E-state index in [1.807, 2.05) is 0 Å². The topological polar surface area (TPSA) is 26.0 Å². The molecule has 1 aliphatic carbocycles. The number of hydrogen-bond donors (Lipinski definition) is 1. The third-order valence-corrected chi connectivity index (χ3v) is 6.41. The first kappa shape index (κ1) is 16.8. The molecule has 0 spiro atoms. The summed E-state index contributed by atoms with van der Waals surface area (Å²) >= 11 is 1.59. The molecule has 1 nitrogen and oxygen atoms in total. The van der Waals surface area contributed by atoms with Crippen LogP contribution in [0.2, 0.25) is 0 Å². The fourth-order valence-electron chi connectivity index (χ4n) is 3.01. The zero-order valence-corrected chi connectivity index (χ0v) is 13.9. The van der Waals surface area contributed by atoms with E-state index in [0.717, 1.165) is 30.6 Å². The van der Waals surface area contributed by atoms with Crippen molar-refractivity contribution in [2.75, 3.05) is 0 Å². The molecular formula is C17H25F2NS. The van der Waals surface area contributed by atoms with Crippen LogP contribution in [0.25, 0.3) is 0 Å². The summed E-state index contributed by atoms with van der Waals surface area (Å²) in [6, 6.07) is 4.25. The molecule has 1 aromatic rings. The first-order chi connectivity index (χ1) is 9.83. The minimum absolute atomic E-state index is 0.132. The van der Waals surface area contributed by atoms with Gasteiger partial charge in [0.2, 0.25) is 0 Å². The lowest BCUT2D eigenvalue weighted by molar-refractivity contribution is 0.148. The molecule has 0 radical (unpaired) electrons. The monoisotopic (exact) mass is 313 g/mol. The number of thioether (sulfide) groups is 1. The van der Waals surface area contributed by atoms with E-state index >= 15 is 0 Å². The second kappa shape index (κ2) is 6.66. The van der Waals surface area contributed by atoms with E-state index in [1.165, 1.54) is 12.1 Å². The smallest absolute Gasteiger partial charge is 0.159 e. The average Bonchev–Trinajstić information content (AvgIpc) is 2.45. The molecule has 2 N–H and O–H groups in total. The van der Waals surface area contributed by atoms with Gasteiger partial charge in [-0.1, -0.05) is 27.2 Å². The Kier molecular flexibility index (Phi) is 5.31. The van der Waals surface area contributed by atoms with Gasteiger partial charge in [-0.15, -0.1) is 11.8 Å². The van der Waals surface area contributed by atoms with Gasteiger partial charge in [0, 0.05) is 16.2 Å². The zero-order chi connectivity index (χ0) is 15.6. The Labute approximate surface area is 130 Å². The SMILES string of the molecule is CCC(C)(C)C1CCC(N)C(Sc2ccc(F)c(F)c2)C1. The molecule has 118 valence electrons. The normalized spacial score (nSPS) is 26.9. The summed E-state index contributed by atoms with van der Waals surface area (Å²) < 4.78 is 26.3. The molecule has 3 atom stereocenters. The molecule has 21 heavy (non-hydrogen) atoms. The molecule has 0 aliphatic heterocycles. The molecule has 3 unspecified atom stereocenters. The predicted molar refractivity (Wildman–Crippen MR) is 85.4 cm³/mol. The highest BCUT2D eigenvalue weighted by Gasteiger charge is 2.36. The van der Waals surface area contributed by atoms with Crippen molar-refractivity contribution in [1.29, 1.82) is 0 Å².